The van der Waals surface area contributed by atoms with Crippen LogP contribution in [0, 0.1) is 6.92 Å². The Bertz CT molecular complexity index is 612. The van der Waals surface area contributed by atoms with Crippen LogP contribution in [-0.4, -0.2) is 42.4 Å². The van der Waals surface area contributed by atoms with E-state index in [1.165, 1.54) is 4.90 Å². The van der Waals surface area contributed by atoms with Gasteiger partial charge in [0.2, 0.25) is 5.91 Å². The number of rotatable bonds is 6. The highest BCUT2D eigenvalue weighted by atomic mass is 32.2. The normalized spacial score (nSPS) is 13.0. The molecule has 21 heavy (non-hydrogen) atoms. The van der Waals surface area contributed by atoms with Crippen molar-refractivity contribution in [2.75, 3.05) is 17.3 Å². The first-order valence-corrected chi connectivity index (χ1v) is 8.28. The summed E-state index contributed by atoms with van der Waals surface area (Å²) in [7, 11) is -4.42. The van der Waals surface area contributed by atoms with Crippen LogP contribution in [0.2, 0.25) is 0 Å². The summed E-state index contributed by atoms with van der Waals surface area (Å²) in [6.07, 6.45) is 0.658. The molecule has 2 N–H and O–H groups in total. The van der Waals surface area contributed by atoms with Crippen LogP contribution >= 0.6 is 0 Å². The molecule has 1 amide bonds. The molecule has 1 rings (SSSR count). The molecule has 0 radical (unpaired) electrons. The van der Waals surface area contributed by atoms with E-state index in [4.69, 9.17) is 4.55 Å². The van der Waals surface area contributed by atoms with Crippen molar-refractivity contribution in [3.8, 4) is 0 Å². The fourth-order valence-corrected chi connectivity index (χ4v) is 2.70. The van der Waals surface area contributed by atoms with E-state index < -0.39 is 27.8 Å². The van der Waals surface area contributed by atoms with Crippen molar-refractivity contribution in [1.82, 2.24) is 0 Å². The molecule has 0 aliphatic rings. The number of para-hydroxylation sites is 1. The van der Waals surface area contributed by atoms with Crippen molar-refractivity contribution in [2.45, 2.75) is 33.2 Å². The summed E-state index contributed by atoms with van der Waals surface area (Å²) in [5, 5.41) is 9.36. The van der Waals surface area contributed by atoms with Gasteiger partial charge in [0.05, 0.1) is 18.3 Å². The maximum Gasteiger partial charge on any atom is 0.274 e. The zero-order valence-corrected chi connectivity index (χ0v) is 13.2. The Balaban J connectivity index is 3.36. The second-order valence-electron chi connectivity index (χ2n) is 4.96. The summed E-state index contributed by atoms with van der Waals surface area (Å²) < 4.78 is 30.8. The van der Waals surface area contributed by atoms with Gasteiger partial charge in [0.1, 0.15) is 0 Å². The topological polar surface area (TPSA) is 94.9 Å². The number of amides is 1. The monoisotopic (exact) mass is 315 g/mol. The van der Waals surface area contributed by atoms with Crippen molar-refractivity contribution >= 4 is 21.7 Å². The lowest BCUT2D eigenvalue weighted by Crippen LogP contribution is -2.44. The Labute approximate surface area is 125 Å². The molecule has 0 unspecified atom stereocenters. The first-order valence-electron chi connectivity index (χ1n) is 6.67. The maximum atomic E-state index is 12.3. The molecule has 0 aromatic heterocycles. The highest BCUT2D eigenvalue weighted by Crippen LogP contribution is 2.28. The third kappa shape index (κ3) is 4.52. The van der Waals surface area contributed by atoms with Crippen molar-refractivity contribution in [1.29, 1.82) is 0 Å². The molecule has 0 bridgehead atoms. The summed E-state index contributed by atoms with van der Waals surface area (Å²) in [5.41, 5.74) is 2.27. The second kappa shape index (κ2) is 7.02. The molecular formula is C14H21NO5S. The van der Waals surface area contributed by atoms with Gasteiger partial charge < -0.3 is 10.0 Å². The molecule has 0 aliphatic heterocycles. The third-order valence-corrected chi connectivity index (χ3v) is 3.83. The predicted octanol–water partition coefficient (Wildman–Crippen LogP) is 1.16. The number of aryl methyl sites for hydroxylation is 2. The number of anilines is 1. The van der Waals surface area contributed by atoms with Gasteiger partial charge in [-0.3, -0.25) is 9.35 Å². The molecule has 118 valence electrons. The summed E-state index contributed by atoms with van der Waals surface area (Å²) in [5.74, 6) is -1.77. The molecule has 0 saturated carbocycles. The van der Waals surface area contributed by atoms with Crippen LogP contribution in [0.5, 0.6) is 0 Å². The van der Waals surface area contributed by atoms with Crippen LogP contribution < -0.4 is 4.90 Å². The smallest absolute Gasteiger partial charge is 0.274 e. The zero-order valence-electron chi connectivity index (χ0n) is 12.4. The van der Waals surface area contributed by atoms with E-state index in [1.807, 2.05) is 32.0 Å². The lowest BCUT2D eigenvalue weighted by molar-refractivity contribution is -0.116. The maximum absolute atomic E-state index is 12.3. The van der Waals surface area contributed by atoms with Gasteiger partial charge in [0, 0.05) is 0 Å². The Hall–Kier alpha value is -1.44. The minimum Gasteiger partial charge on any atom is -0.394 e. The van der Waals surface area contributed by atoms with Crippen LogP contribution in [0.3, 0.4) is 0 Å². The second-order valence-corrected chi connectivity index (χ2v) is 6.41. The molecule has 0 fully saturated rings. The van der Waals surface area contributed by atoms with E-state index in [0.717, 1.165) is 11.1 Å². The van der Waals surface area contributed by atoms with E-state index >= 15 is 0 Å². The summed E-state index contributed by atoms with van der Waals surface area (Å²) in [6.45, 7) is 5.04. The Kier molecular flexibility index (Phi) is 5.88. The Morgan fingerprint density at radius 1 is 1.38 bits per heavy atom. The number of carbonyl (C=O) groups excluding carboxylic acids is 1. The van der Waals surface area contributed by atoms with Gasteiger partial charge in [0.25, 0.3) is 10.1 Å². The molecule has 7 heteroatoms. The standard InChI is InChI=1S/C14H21NO5S/c1-4-12-7-5-6-10(2)14(12)15(11(3)8-16)13(17)9-21(18,19)20/h5-7,11,16H,4,8-9H2,1-3H3,(H,18,19,20)/t11-/m0/s1. The van der Waals surface area contributed by atoms with Crippen molar-refractivity contribution in [3.63, 3.8) is 0 Å². The van der Waals surface area contributed by atoms with Gasteiger partial charge in [-0.25, -0.2) is 0 Å². The molecule has 6 nitrogen and oxygen atoms in total. The van der Waals surface area contributed by atoms with Crippen LogP contribution in [0.15, 0.2) is 18.2 Å². The van der Waals surface area contributed by atoms with Crippen LogP contribution in [-0.2, 0) is 21.3 Å². The van der Waals surface area contributed by atoms with Crippen LogP contribution in [0.4, 0.5) is 5.69 Å². The highest BCUT2D eigenvalue weighted by Gasteiger charge is 2.27. The molecular weight excluding hydrogens is 294 g/mol. The van der Waals surface area contributed by atoms with Crippen molar-refractivity contribution in [3.05, 3.63) is 29.3 Å². The zero-order chi connectivity index (χ0) is 16.2. The van der Waals surface area contributed by atoms with Gasteiger partial charge >= 0.3 is 0 Å². The van der Waals surface area contributed by atoms with E-state index in [0.29, 0.717) is 12.1 Å². The molecule has 1 aromatic carbocycles. The molecule has 1 aromatic rings. The average molecular weight is 315 g/mol. The first kappa shape index (κ1) is 17.6. The summed E-state index contributed by atoms with van der Waals surface area (Å²) in [6, 6.07) is 4.92. The quantitative estimate of drug-likeness (QED) is 0.768. The summed E-state index contributed by atoms with van der Waals surface area (Å²) >= 11 is 0. The molecule has 0 heterocycles. The van der Waals surface area contributed by atoms with Gasteiger partial charge in [-0.1, -0.05) is 25.1 Å². The number of hydrogen-bond donors (Lipinski definition) is 2. The average Bonchev–Trinajstić information content (AvgIpc) is 2.38. The molecule has 1 atom stereocenters. The van der Waals surface area contributed by atoms with Crippen LogP contribution in [0.1, 0.15) is 25.0 Å². The molecule has 0 aliphatic carbocycles. The minimum atomic E-state index is -4.42. The van der Waals surface area contributed by atoms with E-state index in [2.05, 4.69) is 0 Å². The number of benzene rings is 1. The summed E-state index contributed by atoms with van der Waals surface area (Å²) in [4.78, 5) is 13.5. The molecule has 0 saturated heterocycles. The van der Waals surface area contributed by atoms with E-state index in [-0.39, 0.29) is 6.61 Å². The first-order chi connectivity index (χ1) is 9.71. The van der Waals surface area contributed by atoms with Gasteiger partial charge in [-0.15, -0.1) is 0 Å². The predicted molar refractivity (Wildman–Crippen MR) is 81.0 cm³/mol. The fourth-order valence-electron chi connectivity index (χ4n) is 2.25. The number of aliphatic hydroxyl groups excluding tert-OH is 1. The third-order valence-electron chi connectivity index (χ3n) is 3.22. The minimum absolute atomic E-state index is 0.311. The number of carbonyl (C=O) groups is 1. The number of aliphatic hydroxyl groups is 1. The van der Waals surface area contributed by atoms with E-state index in [1.54, 1.807) is 6.92 Å². The fraction of sp³-hybridized carbons (Fsp3) is 0.500. The Morgan fingerprint density at radius 3 is 2.48 bits per heavy atom. The van der Waals surface area contributed by atoms with Gasteiger partial charge in [-0.05, 0) is 31.4 Å². The lowest BCUT2D eigenvalue weighted by Gasteiger charge is -2.31. The molecule has 0 spiro atoms. The van der Waals surface area contributed by atoms with Gasteiger partial charge in [-0.2, -0.15) is 8.42 Å². The van der Waals surface area contributed by atoms with Crippen molar-refractivity contribution in [2.24, 2.45) is 0 Å². The highest BCUT2D eigenvalue weighted by molar-refractivity contribution is 7.86. The lowest BCUT2D eigenvalue weighted by atomic mass is 10.0. The van der Waals surface area contributed by atoms with Crippen LogP contribution in [0.25, 0.3) is 0 Å². The van der Waals surface area contributed by atoms with Crippen molar-refractivity contribution < 1.29 is 22.9 Å². The van der Waals surface area contributed by atoms with Gasteiger partial charge in [0.15, 0.2) is 5.75 Å². The van der Waals surface area contributed by atoms with E-state index in [9.17, 15) is 18.3 Å². The SMILES string of the molecule is CCc1cccc(C)c1N(C(=O)CS(=O)(=O)O)[C@@H](C)CO. The number of nitrogens with zero attached hydrogens (tertiary/aromatic N) is 1. The number of hydrogen-bond acceptors (Lipinski definition) is 4. The largest absolute Gasteiger partial charge is 0.394 e. The Morgan fingerprint density at radius 2 is 2.00 bits per heavy atom.